The highest BCUT2D eigenvalue weighted by atomic mass is 16.1. The van der Waals surface area contributed by atoms with Gasteiger partial charge in [0.2, 0.25) is 6.41 Å². The molecule has 2 rings (SSSR count). The average Bonchev–Trinajstić information content (AvgIpc) is 2.23. The van der Waals surface area contributed by atoms with Crippen molar-refractivity contribution < 1.29 is 4.79 Å². The van der Waals surface area contributed by atoms with Crippen LogP contribution in [0.5, 0.6) is 0 Å². The first-order valence-corrected chi connectivity index (χ1v) is 5.37. The van der Waals surface area contributed by atoms with E-state index in [2.05, 4.69) is 5.32 Å². The van der Waals surface area contributed by atoms with Crippen LogP contribution in [0.2, 0.25) is 0 Å². The van der Waals surface area contributed by atoms with Gasteiger partial charge < -0.3 is 10.2 Å². The maximum atomic E-state index is 11.1. The lowest BCUT2D eigenvalue weighted by Crippen LogP contribution is -2.39. The molecular weight excluding hydrogens is 188 g/mol. The molecule has 1 aromatic rings. The lowest BCUT2D eigenvalue weighted by atomic mass is 9.91. The lowest BCUT2D eigenvalue weighted by Gasteiger charge is -2.35. The van der Waals surface area contributed by atoms with E-state index in [-0.39, 0.29) is 0 Å². The molecule has 0 aromatic heterocycles. The predicted molar refractivity (Wildman–Crippen MR) is 62.2 cm³/mol. The highest BCUT2D eigenvalue weighted by Gasteiger charge is 2.25. The van der Waals surface area contributed by atoms with Crippen molar-refractivity contribution in [3.05, 3.63) is 24.3 Å². The fourth-order valence-corrected chi connectivity index (χ4v) is 1.91. The summed E-state index contributed by atoms with van der Waals surface area (Å²) in [6, 6.07) is 8.31. The van der Waals surface area contributed by atoms with Gasteiger partial charge >= 0.3 is 0 Å². The van der Waals surface area contributed by atoms with Gasteiger partial charge in [-0.3, -0.25) is 4.79 Å². The minimum absolute atomic E-state index is 0.400. The summed E-state index contributed by atoms with van der Waals surface area (Å²) in [6.45, 7) is 0. The van der Waals surface area contributed by atoms with E-state index in [9.17, 15) is 4.79 Å². The Bertz CT molecular complexity index is 347. The van der Waals surface area contributed by atoms with E-state index in [4.69, 9.17) is 0 Å². The molecule has 0 heterocycles. The summed E-state index contributed by atoms with van der Waals surface area (Å²) in [5.74, 6) is 0. The molecule has 1 N–H and O–H groups in total. The molecule has 0 bridgehead atoms. The number of para-hydroxylation sites is 2. The first kappa shape index (κ1) is 10.0. The Morgan fingerprint density at radius 3 is 2.67 bits per heavy atom. The van der Waals surface area contributed by atoms with Crippen LogP contribution in [0.1, 0.15) is 19.3 Å². The number of carbonyl (C=O) groups excluding carboxylic acids is 1. The normalized spacial score (nSPS) is 15.5. The van der Waals surface area contributed by atoms with Gasteiger partial charge in [-0.2, -0.15) is 0 Å². The fourth-order valence-electron chi connectivity index (χ4n) is 1.91. The van der Waals surface area contributed by atoms with Gasteiger partial charge in [0.1, 0.15) is 0 Å². The molecule has 1 saturated carbocycles. The van der Waals surface area contributed by atoms with Gasteiger partial charge in [0.15, 0.2) is 0 Å². The predicted octanol–water partition coefficient (Wildman–Crippen LogP) is 2.24. The van der Waals surface area contributed by atoms with E-state index in [1.54, 1.807) is 0 Å². The standard InChI is InChI=1S/C12H16N2O/c1-13-11-7-2-3-8-12(11)14(9-15)10-5-4-6-10/h2-3,7-10,13H,4-6H2,1H3. The Morgan fingerprint density at radius 1 is 1.40 bits per heavy atom. The molecule has 0 saturated heterocycles. The molecule has 0 radical (unpaired) electrons. The van der Waals surface area contributed by atoms with Crippen molar-refractivity contribution in [1.82, 2.24) is 0 Å². The van der Waals surface area contributed by atoms with Crippen LogP contribution in [-0.4, -0.2) is 19.5 Å². The van der Waals surface area contributed by atoms with Gasteiger partial charge in [-0.25, -0.2) is 0 Å². The third-order valence-electron chi connectivity index (χ3n) is 3.03. The summed E-state index contributed by atoms with van der Waals surface area (Å²) in [5, 5.41) is 3.11. The smallest absolute Gasteiger partial charge is 0.214 e. The second-order valence-corrected chi connectivity index (χ2v) is 3.86. The van der Waals surface area contributed by atoms with E-state index < -0.39 is 0 Å². The molecule has 3 heteroatoms. The molecule has 1 amide bonds. The number of hydrogen-bond acceptors (Lipinski definition) is 2. The summed E-state index contributed by atoms with van der Waals surface area (Å²) < 4.78 is 0. The quantitative estimate of drug-likeness (QED) is 0.763. The maximum Gasteiger partial charge on any atom is 0.214 e. The summed E-state index contributed by atoms with van der Waals surface area (Å²) in [6.07, 6.45) is 4.42. The lowest BCUT2D eigenvalue weighted by molar-refractivity contribution is -0.108. The molecule has 1 aromatic carbocycles. The number of anilines is 2. The number of nitrogens with zero attached hydrogens (tertiary/aromatic N) is 1. The molecule has 1 aliphatic carbocycles. The van der Waals surface area contributed by atoms with Crippen LogP contribution in [-0.2, 0) is 4.79 Å². The Morgan fingerprint density at radius 2 is 2.13 bits per heavy atom. The number of nitrogens with one attached hydrogen (secondary N) is 1. The van der Waals surface area contributed by atoms with E-state index in [1.807, 2.05) is 36.2 Å². The number of amides is 1. The van der Waals surface area contributed by atoms with Gasteiger partial charge in [0.05, 0.1) is 11.4 Å². The molecule has 1 fully saturated rings. The van der Waals surface area contributed by atoms with Gasteiger partial charge in [0.25, 0.3) is 0 Å². The van der Waals surface area contributed by atoms with Crippen molar-refractivity contribution in [2.24, 2.45) is 0 Å². The highest BCUT2D eigenvalue weighted by molar-refractivity contribution is 5.84. The number of carbonyl (C=O) groups is 1. The third-order valence-corrected chi connectivity index (χ3v) is 3.03. The molecule has 15 heavy (non-hydrogen) atoms. The second kappa shape index (κ2) is 4.34. The van der Waals surface area contributed by atoms with Crippen molar-refractivity contribution in [1.29, 1.82) is 0 Å². The monoisotopic (exact) mass is 204 g/mol. The van der Waals surface area contributed by atoms with Gasteiger partial charge in [-0.05, 0) is 31.4 Å². The molecular formula is C12H16N2O. The number of benzene rings is 1. The minimum Gasteiger partial charge on any atom is -0.386 e. The summed E-state index contributed by atoms with van der Waals surface area (Å²) in [7, 11) is 1.88. The SMILES string of the molecule is CNc1ccccc1N(C=O)C1CCC1. The largest absolute Gasteiger partial charge is 0.386 e. The summed E-state index contributed by atoms with van der Waals surface area (Å²) in [5.41, 5.74) is 2.00. The van der Waals surface area contributed by atoms with Crippen molar-refractivity contribution in [2.75, 3.05) is 17.3 Å². The van der Waals surface area contributed by atoms with Crippen LogP contribution in [0.4, 0.5) is 11.4 Å². The summed E-state index contributed by atoms with van der Waals surface area (Å²) >= 11 is 0. The second-order valence-electron chi connectivity index (χ2n) is 3.86. The van der Waals surface area contributed by atoms with Crippen molar-refractivity contribution in [3.8, 4) is 0 Å². The van der Waals surface area contributed by atoms with Crippen LogP contribution < -0.4 is 10.2 Å². The number of hydrogen-bond donors (Lipinski definition) is 1. The fraction of sp³-hybridized carbons (Fsp3) is 0.417. The highest BCUT2D eigenvalue weighted by Crippen LogP contribution is 2.32. The molecule has 80 valence electrons. The van der Waals surface area contributed by atoms with Crippen LogP contribution in [0.15, 0.2) is 24.3 Å². The van der Waals surface area contributed by atoms with E-state index in [0.717, 1.165) is 30.6 Å². The zero-order valence-corrected chi connectivity index (χ0v) is 8.94. The first-order valence-electron chi connectivity index (χ1n) is 5.37. The van der Waals surface area contributed by atoms with E-state index >= 15 is 0 Å². The molecule has 0 unspecified atom stereocenters. The topological polar surface area (TPSA) is 32.3 Å². The van der Waals surface area contributed by atoms with Gasteiger partial charge in [-0.1, -0.05) is 12.1 Å². The minimum atomic E-state index is 0.400. The Hall–Kier alpha value is -1.51. The summed E-state index contributed by atoms with van der Waals surface area (Å²) in [4.78, 5) is 12.9. The molecule has 0 aliphatic heterocycles. The Kier molecular flexibility index (Phi) is 2.90. The van der Waals surface area contributed by atoms with Gasteiger partial charge in [0, 0.05) is 13.1 Å². The zero-order chi connectivity index (χ0) is 10.7. The molecule has 0 atom stereocenters. The van der Waals surface area contributed by atoms with Crippen LogP contribution >= 0.6 is 0 Å². The molecule has 0 spiro atoms. The van der Waals surface area contributed by atoms with E-state index in [0.29, 0.717) is 6.04 Å². The van der Waals surface area contributed by atoms with Crippen LogP contribution in [0.25, 0.3) is 0 Å². The van der Waals surface area contributed by atoms with Crippen LogP contribution in [0, 0.1) is 0 Å². The average molecular weight is 204 g/mol. The number of rotatable bonds is 4. The zero-order valence-electron chi connectivity index (χ0n) is 8.94. The Balaban J connectivity index is 2.28. The van der Waals surface area contributed by atoms with Crippen molar-refractivity contribution >= 4 is 17.8 Å². The third kappa shape index (κ3) is 1.82. The molecule has 3 nitrogen and oxygen atoms in total. The van der Waals surface area contributed by atoms with Crippen LogP contribution in [0.3, 0.4) is 0 Å². The van der Waals surface area contributed by atoms with Crippen molar-refractivity contribution in [2.45, 2.75) is 25.3 Å². The van der Waals surface area contributed by atoms with Gasteiger partial charge in [-0.15, -0.1) is 0 Å². The molecule has 1 aliphatic rings. The maximum absolute atomic E-state index is 11.1. The van der Waals surface area contributed by atoms with Crippen molar-refractivity contribution in [3.63, 3.8) is 0 Å². The van der Waals surface area contributed by atoms with E-state index in [1.165, 1.54) is 6.42 Å². The Labute approximate surface area is 90.1 Å². The first-order chi connectivity index (χ1) is 7.36.